The van der Waals surface area contributed by atoms with Crippen molar-refractivity contribution in [2.24, 2.45) is 11.8 Å². The quantitative estimate of drug-likeness (QED) is 0.677. The molecule has 1 aromatic carbocycles. The van der Waals surface area contributed by atoms with Gasteiger partial charge < -0.3 is 5.32 Å². The lowest BCUT2D eigenvalue weighted by Crippen LogP contribution is -2.41. The zero-order valence-electron chi connectivity index (χ0n) is 16.1. The lowest BCUT2D eigenvalue weighted by atomic mass is 9.97. The fourth-order valence-electron chi connectivity index (χ4n) is 3.16. The van der Waals surface area contributed by atoms with Crippen LogP contribution in [0.2, 0.25) is 10.0 Å². The average Bonchev–Trinajstić information content (AvgIpc) is 3.07. The van der Waals surface area contributed by atoms with E-state index in [0.29, 0.717) is 23.9 Å². The Hall–Kier alpha value is -1.26. The van der Waals surface area contributed by atoms with Gasteiger partial charge in [0, 0.05) is 25.4 Å². The number of sulfonamides is 1. The van der Waals surface area contributed by atoms with E-state index in [0.717, 1.165) is 11.4 Å². The summed E-state index contributed by atoms with van der Waals surface area (Å²) in [6.45, 7) is 4.63. The Bertz CT molecular complexity index is 966. The smallest absolute Gasteiger partial charge is 0.246 e. The van der Waals surface area contributed by atoms with Gasteiger partial charge in [0.15, 0.2) is 0 Å². The molecule has 1 N–H and O–H groups in total. The number of piperidine rings is 1. The average molecular weight is 477 g/mol. The molecule has 0 bridgehead atoms. The molecule has 1 fully saturated rings. The molecule has 0 radical (unpaired) electrons. The Morgan fingerprint density at radius 1 is 1.24 bits per heavy atom. The van der Waals surface area contributed by atoms with E-state index in [4.69, 9.17) is 23.2 Å². The number of rotatable bonds is 6. The van der Waals surface area contributed by atoms with E-state index in [9.17, 15) is 13.2 Å². The number of hydrogen-bond donors (Lipinski definition) is 1. The van der Waals surface area contributed by atoms with Gasteiger partial charge in [-0.05, 0) is 30.9 Å². The van der Waals surface area contributed by atoms with Gasteiger partial charge >= 0.3 is 0 Å². The first-order chi connectivity index (χ1) is 13.7. The van der Waals surface area contributed by atoms with Gasteiger partial charge in [0.1, 0.15) is 9.90 Å². The van der Waals surface area contributed by atoms with Gasteiger partial charge in [-0.2, -0.15) is 4.31 Å². The Labute approximate surface area is 184 Å². The normalized spacial score (nSPS) is 16.3. The number of carbonyl (C=O) groups excluding carboxylic acids is 1. The van der Waals surface area contributed by atoms with Crippen LogP contribution in [0.1, 0.15) is 31.7 Å². The van der Waals surface area contributed by atoms with Crippen LogP contribution in [0.25, 0.3) is 0 Å². The van der Waals surface area contributed by atoms with Gasteiger partial charge in [-0.1, -0.05) is 54.5 Å². The molecule has 0 unspecified atom stereocenters. The second kappa shape index (κ2) is 9.26. The third-order valence-corrected chi connectivity index (χ3v) is 8.34. The molecule has 1 aliphatic heterocycles. The highest BCUT2D eigenvalue weighted by molar-refractivity contribution is 7.89. The molecule has 2 aromatic rings. The standard InChI is InChI=1S/C18H22Cl2N4O3S2/c1-11(2)10-15-22-23-18(28-15)21-17(25)12-6-8-24(9-7-12)29(26,27)16-13(19)4-3-5-14(16)20/h3-5,11-12H,6-10H2,1-2H3,(H,21,23,25). The summed E-state index contributed by atoms with van der Waals surface area (Å²) < 4.78 is 27.2. The fraction of sp³-hybridized carbons (Fsp3) is 0.500. The number of halogens is 2. The maximum atomic E-state index is 12.9. The zero-order chi connectivity index (χ0) is 21.2. The summed E-state index contributed by atoms with van der Waals surface area (Å²) in [5.41, 5.74) is 0. The molecule has 1 aromatic heterocycles. The number of nitrogens with zero attached hydrogens (tertiary/aromatic N) is 3. The third kappa shape index (κ3) is 5.27. The van der Waals surface area contributed by atoms with E-state index in [1.165, 1.54) is 27.8 Å². The number of benzene rings is 1. The lowest BCUT2D eigenvalue weighted by Gasteiger charge is -2.30. The first-order valence-corrected chi connectivity index (χ1v) is 12.3. The molecule has 1 amide bonds. The van der Waals surface area contributed by atoms with Crippen molar-refractivity contribution < 1.29 is 13.2 Å². The topological polar surface area (TPSA) is 92.3 Å². The lowest BCUT2D eigenvalue weighted by molar-refractivity contribution is -0.120. The van der Waals surface area contributed by atoms with Crippen molar-refractivity contribution in [1.82, 2.24) is 14.5 Å². The van der Waals surface area contributed by atoms with Crippen LogP contribution in [-0.4, -0.2) is 41.9 Å². The van der Waals surface area contributed by atoms with Gasteiger partial charge in [-0.3, -0.25) is 4.79 Å². The van der Waals surface area contributed by atoms with Crippen LogP contribution in [0, 0.1) is 11.8 Å². The van der Waals surface area contributed by atoms with Crippen molar-refractivity contribution in [3.8, 4) is 0 Å². The fourth-order valence-corrected chi connectivity index (χ4v) is 6.68. The van der Waals surface area contributed by atoms with Crippen LogP contribution < -0.4 is 5.32 Å². The van der Waals surface area contributed by atoms with Crippen LogP contribution >= 0.6 is 34.5 Å². The largest absolute Gasteiger partial charge is 0.300 e. The van der Waals surface area contributed by atoms with Crippen LogP contribution in [0.15, 0.2) is 23.1 Å². The SMILES string of the molecule is CC(C)Cc1nnc(NC(=O)C2CCN(S(=O)(=O)c3c(Cl)cccc3Cl)CC2)s1. The predicted octanol–water partition coefficient (Wildman–Crippen LogP) is 4.08. The van der Waals surface area contributed by atoms with Gasteiger partial charge in [0.05, 0.1) is 10.0 Å². The van der Waals surface area contributed by atoms with E-state index in [2.05, 4.69) is 29.4 Å². The summed E-state index contributed by atoms with van der Waals surface area (Å²) in [6.07, 6.45) is 1.63. The van der Waals surface area contributed by atoms with Crippen LogP contribution in [0.4, 0.5) is 5.13 Å². The second-order valence-electron chi connectivity index (χ2n) is 7.32. The molecule has 3 rings (SSSR count). The molecule has 7 nitrogen and oxygen atoms in total. The van der Waals surface area contributed by atoms with Crippen LogP contribution in [0.5, 0.6) is 0 Å². The molecular weight excluding hydrogens is 455 g/mol. The highest BCUT2D eigenvalue weighted by Crippen LogP contribution is 2.33. The van der Waals surface area contributed by atoms with Crippen molar-refractivity contribution in [2.45, 2.75) is 38.0 Å². The van der Waals surface area contributed by atoms with E-state index in [-0.39, 0.29) is 39.9 Å². The highest BCUT2D eigenvalue weighted by atomic mass is 35.5. The van der Waals surface area contributed by atoms with Crippen molar-refractivity contribution >= 4 is 55.6 Å². The zero-order valence-corrected chi connectivity index (χ0v) is 19.2. The monoisotopic (exact) mass is 476 g/mol. The number of hydrogen-bond acceptors (Lipinski definition) is 6. The summed E-state index contributed by atoms with van der Waals surface area (Å²) in [6, 6.07) is 4.59. The molecule has 158 valence electrons. The number of anilines is 1. The summed E-state index contributed by atoms with van der Waals surface area (Å²) in [5, 5.41) is 12.4. The summed E-state index contributed by atoms with van der Waals surface area (Å²) in [5.74, 6) is 0.00934. The van der Waals surface area contributed by atoms with E-state index in [1.807, 2.05) is 0 Å². The van der Waals surface area contributed by atoms with E-state index in [1.54, 1.807) is 6.07 Å². The number of amides is 1. The molecule has 2 heterocycles. The second-order valence-corrected chi connectivity index (χ2v) is 11.1. The molecular formula is C18H22Cl2N4O3S2. The Morgan fingerprint density at radius 3 is 2.45 bits per heavy atom. The Balaban J connectivity index is 1.61. The highest BCUT2D eigenvalue weighted by Gasteiger charge is 2.34. The van der Waals surface area contributed by atoms with Crippen LogP contribution in [-0.2, 0) is 21.2 Å². The van der Waals surface area contributed by atoms with Gasteiger partial charge in [0.25, 0.3) is 0 Å². The predicted molar refractivity (Wildman–Crippen MR) is 115 cm³/mol. The summed E-state index contributed by atoms with van der Waals surface area (Å²) >= 11 is 13.5. The molecule has 0 atom stereocenters. The molecule has 1 aliphatic rings. The third-order valence-electron chi connectivity index (χ3n) is 4.62. The minimum Gasteiger partial charge on any atom is -0.300 e. The molecule has 29 heavy (non-hydrogen) atoms. The molecule has 0 spiro atoms. The number of carbonyl (C=O) groups is 1. The first kappa shape index (κ1) is 22.4. The minimum atomic E-state index is -3.82. The Kier molecular flexibility index (Phi) is 7.16. The van der Waals surface area contributed by atoms with Crippen molar-refractivity contribution in [2.75, 3.05) is 18.4 Å². The molecule has 0 aliphatic carbocycles. The maximum absolute atomic E-state index is 12.9. The molecule has 11 heteroatoms. The van der Waals surface area contributed by atoms with Gasteiger partial charge in [0.2, 0.25) is 21.1 Å². The van der Waals surface area contributed by atoms with E-state index < -0.39 is 10.0 Å². The maximum Gasteiger partial charge on any atom is 0.246 e. The Morgan fingerprint density at radius 2 is 1.86 bits per heavy atom. The van der Waals surface area contributed by atoms with Crippen molar-refractivity contribution in [3.63, 3.8) is 0 Å². The van der Waals surface area contributed by atoms with E-state index >= 15 is 0 Å². The van der Waals surface area contributed by atoms with Crippen molar-refractivity contribution in [1.29, 1.82) is 0 Å². The number of nitrogens with one attached hydrogen (secondary N) is 1. The summed E-state index contributed by atoms with van der Waals surface area (Å²) in [7, 11) is -3.82. The minimum absolute atomic E-state index is 0.0854. The van der Waals surface area contributed by atoms with Crippen LogP contribution in [0.3, 0.4) is 0 Å². The first-order valence-electron chi connectivity index (χ1n) is 9.26. The number of aromatic nitrogens is 2. The summed E-state index contributed by atoms with van der Waals surface area (Å²) in [4.78, 5) is 12.5. The van der Waals surface area contributed by atoms with Crippen molar-refractivity contribution in [3.05, 3.63) is 33.3 Å². The van der Waals surface area contributed by atoms with Gasteiger partial charge in [-0.25, -0.2) is 8.42 Å². The van der Waals surface area contributed by atoms with Gasteiger partial charge in [-0.15, -0.1) is 10.2 Å². The molecule has 0 saturated carbocycles. The molecule has 1 saturated heterocycles.